The topological polar surface area (TPSA) is 64.4 Å². The maximum Gasteiger partial charge on any atom is 0.310 e. The van der Waals surface area contributed by atoms with Crippen LogP contribution in [-0.2, 0) is 9.53 Å². The molecule has 1 aliphatic heterocycles. The van der Waals surface area contributed by atoms with Crippen molar-refractivity contribution in [3.8, 4) is 16.9 Å². The molecule has 1 aromatic heterocycles. The highest BCUT2D eigenvalue weighted by atomic mass is 35.5. The fourth-order valence-electron chi connectivity index (χ4n) is 4.16. The molecule has 0 saturated carbocycles. The van der Waals surface area contributed by atoms with Gasteiger partial charge in [0.2, 0.25) is 0 Å². The van der Waals surface area contributed by atoms with Crippen molar-refractivity contribution in [1.29, 1.82) is 0 Å². The lowest BCUT2D eigenvalue weighted by atomic mass is 9.98. The maximum absolute atomic E-state index is 13.7. The number of carbonyl (C=O) groups excluding carboxylic acids is 2. The smallest absolute Gasteiger partial charge is 0.310 e. The van der Waals surface area contributed by atoms with Crippen LogP contribution in [0.15, 0.2) is 48.5 Å². The summed E-state index contributed by atoms with van der Waals surface area (Å²) in [6.07, 6.45) is 1.48. The Bertz CT molecular complexity index is 1190. The van der Waals surface area contributed by atoms with Crippen LogP contribution < -0.4 is 0 Å². The van der Waals surface area contributed by atoms with Gasteiger partial charge in [-0.05, 0) is 75.1 Å². The minimum atomic E-state index is -0.301. The molecule has 0 radical (unpaired) electrons. The lowest BCUT2D eigenvalue weighted by molar-refractivity contribution is -0.149. The van der Waals surface area contributed by atoms with Crippen molar-refractivity contribution in [2.45, 2.75) is 33.6 Å². The summed E-state index contributed by atoms with van der Waals surface area (Å²) >= 11 is 6.23. The molecule has 0 aliphatic carbocycles. The van der Waals surface area contributed by atoms with E-state index in [0.717, 1.165) is 24.0 Å². The molecule has 1 atom stereocenters. The quantitative estimate of drug-likeness (QED) is 0.484. The van der Waals surface area contributed by atoms with Gasteiger partial charge >= 0.3 is 5.97 Å². The molecule has 4 rings (SSSR count). The van der Waals surface area contributed by atoms with E-state index in [4.69, 9.17) is 21.4 Å². The number of likely N-dealkylation sites (tertiary alicyclic amines) is 1. The minimum absolute atomic E-state index is 0.161. The number of halogens is 1. The molecule has 0 spiro atoms. The number of esters is 1. The van der Waals surface area contributed by atoms with Gasteiger partial charge in [-0.1, -0.05) is 29.8 Å². The van der Waals surface area contributed by atoms with E-state index in [9.17, 15) is 9.59 Å². The zero-order valence-electron chi connectivity index (χ0n) is 19.2. The first-order valence-electron chi connectivity index (χ1n) is 11.3. The van der Waals surface area contributed by atoms with E-state index in [0.29, 0.717) is 41.8 Å². The molecule has 0 N–H and O–H groups in total. The van der Waals surface area contributed by atoms with Gasteiger partial charge in [-0.3, -0.25) is 9.59 Å². The van der Waals surface area contributed by atoms with Gasteiger partial charge in [0.1, 0.15) is 5.69 Å². The molecule has 0 bridgehead atoms. The second-order valence-corrected chi connectivity index (χ2v) is 8.88. The Morgan fingerprint density at radius 2 is 1.94 bits per heavy atom. The van der Waals surface area contributed by atoms with Gasteiger partial charge in [-0.25, -0.2) is 4.68 Å². The van der Waals surface area contributed by atoms with Crippen LogP contribution in [-0.4, -0.2) is 46.3 Å². The normalized spacial score (nSPS) is 16.0. The lowest BCUT2D eigenvalue weighted by Crippen LogP contribution is -2.43. The van der Waals surface area contributed by atoms with Crippen LogP contribution in [0, 0.1) is 19.8 Å². The van der Waals surface area contributed by atoms with Crippen molar-refractivity contribution < 1.29 is 14.3 Å². The van der Waals surface area contributed by atoms with E-state index in [2.05, 4.69) is 26.0 Å². The van der Waals surface area contributed by atoms with Crippen molar-refractivity contribution in [3.63, 3.8) is 0 Å². The Labute approximate surface area is 199 Å². The van der Waals surface area contributed by atoms with Crippen LogP contribution in [0.5, 0.6) is 0 Å². The first-order valence-corrected chi connectivity index (χ1v) is 11.6. The number of amides is 1. The summed E-state index contributed by atoms with van der Waals surface area (Å²) in [4.78, 5) is 27.7. The number of rotatable bonds is 5. The molecule has 172 valence electrons. The number of benzene rings is 2. The summed E-state index contributed by atoms with van der Waals surface area (Å²) in [5.74, 6) is -0.704. The predicted octanol–water partition coefficient (Wildman–Crippen LogP) is 5.22. The molecular weight excluding hydrogens is 438 g/mol. The summed E-state index contributed by atoms with van der Waals surface area (Å²) < 4.78 is 6.84. The van der Waals surface area contributed by atoms with E-state index >= 15 is 0 Å². The number of piperidine rings is 1. The Kier molecular flexibility index (Phi) is 6.84. The third-order valence-electron chi connectivity index (χ3n) is 6.11. The van der Waals surface area contributed by atoms with Crippen LogP contribution in [0.25, 0.3) is 16.9 Å². The molecule has 3 aromatic rings. The zero-order valence-corrected chi connectivity index (χ0v) is 19.9. The summed E-state index contributed by atoms with van der Waals surface area (Å²) in [6.45, 7) is 7.19. The van der Waals surface area contributed by atoms with E-state index in [1.54, 1.807) is 28.6 Å². The molecule has 1 fully saturated rings. The maximum atomic E-state index is 13.7. The van der Waals surface area contributed by atoms with Gasteiger partial charge < -0.3 is 9.64 Å². The van der Waals surface area contributed by atoms with Crippen molar-refractivity contribution in [3.05, 3.63) is 70.4 Å². The van der Waals surface area contributed by atoms with Gasteiger partial charge in [0, 0.05) is 23.7 Å². The standard InChI is InChI=1S/C26H28ClN3O3/c1-4-33-26(32)20-7-6-12-29(16-20)25(31)24-15-23(19-11-10-17(2)18(3)13-19)28-30(24)22-9-5-8-21(27)14-22/h5,8-11,13-15,20H,4,6-7,12,16H2,1-3H3. The Morgan fingerprint density at radius 1 is 1.12 bits per heavy atom. The third kappa shape index (κ3) is 4.96. The average Bonchev–Trinajstić information content (AvgIpc) is 3.26. The molecule has 6 nitrogen and oxygen atoms in total. The van der Waals surface area contributed by atoms with Crippen molar-refractivity contribution in [1.82, 2.24) is 14.7 Å². The highest BCUT2D eigenvalue weighted by Crippen LogP contribution is 2.27. The SMILES string of the molecule is CCOC(=O)C1CCCN(C(=O)c2cc(-c3ccc(C)c(C)c3)nn2-c2cccc(Cl)c2)C1. The van der Waals surface area contributed by atoms with Gasteiger partial charge in [-0.2, -0.15) is 5.10 Å². The molecule has 1 unspecified atom stereocenters. The Balaban J connectivity index is 1.72. The first-order chi connectivity index (χ1) is 15.9. The average molecular weight is 466 g/mol. The van der Waals surface area contributed by atoms with Crippen molar-refractivity contribution >= 4 is 23.5 Å². The highest BCUT2D eigenvalue weighted by Gasteiger charge is 2.31. The Morgan fingerprint density at radius 3 is 2.67 bits per heavy atom. The molecule has 2 aromatic carbocycles. The molecule has 2 heterocycles. The monoisotopic (exact) mass is 465 g/mol. The second kappa shape index (κ2) is 9.79. The van der Waals surface area contributed by atoms with Gasteiger partial charge in [0.25, 0.3) is 5.91 Å². The number of hydrogen-bond donors (Lipinski definition) is 0. The molecule has 1 aliphatic rings. The van der Waals surface area contributed by atoms with E-state index in [1.165, 1.54) is 5.56 Å². The Hall–Kier alpha value is -3.12. The second-order valence-electron chi connectivity index (χ2n) is 8.45. The zero-order chi connectivity index (χ0) is 23.5. The first kappa shape index (κ1) is 23.1. The summed E-state index contributed by atoms with van der Waals surface area (Å²) in [5, 5.41) is 5.35. The third-order valence-corrected chi connectivity index (χ3v) is 6.35. The fraction of sp³-hybridized carbons (Fsp3) is 0.346. The predicted molar refractivity (Wildman–Crippen MR) is 129 cm³/mol. The number of aryl methyl sites for hydroxylation is 2. The molecule has 1 saturated heterocycles. The van der Waals surface area contributed by atoms with Crippen molar-refractivity contribution in [2.24, 2.45) is 5.92 Å². The van der Waals surface area contributed by atoms with Crippen LogP contribution >= 0.6 is 11.6 Å². The van der Waals surface area contributed by atoms with Crippen LogP contribution in [0.1, 0.15) is 41.4 Å². The van der Waals surface area contributed by atoms with Crippen LogP contribution in [0.3, 0.4) is 0 Å². The molecule has 33 heavy (non-hydrogen) atoms. The summed E-state index contributed by atoms with van der Waals surface area (Å²) in [7, 11) is 0. The number of hydrogen-bond acceptors (Lipinski definition) is 4. The summed E-state index contributed by atoms with van der Waals surface area (Å²) in [5.41, 5.74) is 5.15. The summed E-state index contributed by atoms with van der Waals surface area (Å²) in [6, 6.07) is 15.2. The van der Waals surface area contributed by atoms with Gasteiger partial charge in [-0.15, -0.1) is 0 Å². The molecule has 1 amide bonds. The van der Waals surface area contributed by atoms with Gasteiger partial charge in [0.15, 0.2) is 0 Å². The van der Waals surface area contributed by atoms with Crippen LogP contribution in [0.4, 0.5) is 0 Å². The van der Waals surface area contributed by atoms with Crippen LogP contribution in [0.2, 0.25) is 5.02 Å². The van der Waals surface area contributed by atoms with E-state index < -0.39 is 0 Å². The minimum Gasteiger partial charge on any atom is -0.466 e. The highest BCUT2D eigenvalue weighted by molar-refractivity contribution is 6.30. The molecule has 7 heteroatoms. The lowest BCUT2D eigenvalue weighted by Gasteiger charge is -2.31. The van der Waals surface area contributed by atoms with E-state index in [1.807, 2.05) is 24.3 Å². The largest absolute Gasteiger partial charge is 0.466 e. The number of ether oxygens (including phenoxy) is 1. The number of carbonyl (C=O) groups is 2. The number of aromatic nitrogens is 2. The van der Waals surface area contributed by atoms with E-state index in [-0.39, 0.29) is 17.8 Å². The fourth-order valence-corrected chi connectivity index (χ4v) is 4.34. The molecular formula is C26H28ClN3O3. The van der Waals surface area contributed by atoms with Crippen molar-refractivity contribution in [2.75, 3.05) is 19.7 Å². The van der Waals surface area contributed by atoms with Gasteiger partial charge in [0.05, 0.1) is 23.9 Å². The number of nitrogens with zero attached hydrogens (tertiary/aromatic N) is 3.